The Morgan fingerprint density at radius 1 is 1.20 bits per heavy atom. The number of rotatable bonds is 4. The Morgan fingerprint density at radius 3 is 2.55 bits per heavy atom. The fourth-order valence-corrected chi connectivity index (χ4v) is 2.03. The van der Waals surface area contributed by atoms with Crippen molar-refractivity contribution in [1.29, 1.82) is 0 Å². The quantitative estimate of drug-likeness (QED) is 0.910. The van der Waals surface area contributed by atoms with Crippen molar-refractivity contribution in [2.45, 2.75) is 6.42 Å². The Kier molecular flexibility index (Phi) is 4.58. The normalized spacial score (nSPS) is 10.3. The van der Waals surface area contributed by atoms with Gasteiger partial charge < -0.3 is 10.4 Å². The van der Waals surface area contributed by atoms with Gasteiger partial charge in [0, 0.05) is 6.54 Å². The van der Waals surface area contributed by atoms with E-state index in [0.29, 0.717) is 13.0 Å². The van der Waals surface area contributed by atoms with E-state index >= 15 is 0 Å². The van der Waals surface area contributed by atoms with E-state index in [2.05, 4.69) is 5.32 Å². The summed E-state index contributed by atoms with van der Waals surface area (Å²) in [7, 11) is 0. The van der Waals surface area contributed by atoms with Crippen molar-refractivity contribution in [1.82, 2.24) is 5.32 Å². The van der Waals surface area contributed by atoms with Crippen LogP contribution in [0.25, 0.3) is 0 Å². The zero-order valence-electron chi connectivity index (χ0n) is 10.6. The fourth-order valence-electron chi connectivity index (χ4n) is 1.79. The minimum absolute atomic E-state index is 0.0899. The molecule has 0 fully saturated rings. The van der Waals surface area contributed by atoms with Crippen LogP contribution < -0.4 is 5.32 Å². The predicted molar refractivity (Wildman–Crippen MR) is 75.6 cm³/mol. The van der Waals surface area contributed by atoms with Crippen LogP contribution in [0.2, 0.25) is 5.02 Å². The van der Waals surface area contributed by atoms with Crippen LogP contribution in [0.3, 0.4) is 0 Å². The number of hydrogen-bond donors (Lipinski definition) is 2. The van der Waals surface area contributed by atoms with E-state index in [9.17, 15) is 9.18 Å². The van der Waals surface area contributed by atoms with Crippen molar-refractivity contribution in [3.63, 3.8) is 0 Å². The van der Waals surface area contributed by atoms with E-state index < -0.39 is 11.7 Å². The fraction of sp³-hybridized carbons (Fsp3) is 0.133. The van der Waals surface area contributed by atoms with Crippen LogP contribution in [0.1, 0.15) is 15.9 Å². The predicted octanol–water partition coefficient (Wildman–Crippen LogP) is 3.16. The van der Waals surface area contributed by atoms with Crippen molar-refractivity contribution >= 4 is 17.5 Å². The molecule has 2 aromatic rings. The van der Waals surface area contributed by atoms with Gasteiger partial charge in [0.1, 0.15) is 11.6 Å². The first-order valence-corrected chi connectivity index (χ1v) is 6.46. The molecule has 0 saturated heterocycles. The van der Waals surface area contributed by atoms with Crippen molar-refractivity contribution in [3.8, 4) is 5.75 Å². The molecule has 0 atom stereocenters. The zero-order chi connectivity index (χ0) is 14.5. The Balaban J connectivity index is 1.94. The smallest absolute Gasteiger partial charge is 0.255 e. The molecule has 0 bridgehead atoms. The summed E-state index contributed by atoms with van der Waals surface area (Å²) >= 11 is 5.81. The number of carbonyl (C=O) groups is 1. The molecule has 0 radical (unpaired) electrons. The molecule has 0 spiro atoms. The molecule has 0 aliphatic carbocycles. The SMILES string of the molecule is O=C(NCCc1ccc(O)cc1)c1c(F)cccc1Cl. The van der Waals surface area contributed by atoms with Crippen LogP contribution in [-0.4, -0.2) is 17.6 Å². The van der Waals surface area contributed by atoms with Gasteiger partial charge in [-0.15, -0.1) is 0 Å². The van der Waals surface area contributed by atoms with E-state index in [0.717, 1.165) is 5.56 Å². The second kappa shape index (κ2) is 6.39. The summed E-state index contributed by atoms with van der Waals surface area (Å²) < 4.78 is 13.5. The molecule has 104 valence electrons. The lowest BCUT2D eigenvalue weighted by Gasteiger charge is -2.07. The summed E-state index contributed by atoms with van der Waals surface area (Å²) in [5.41, 5.74) is 0.822. The average molecular weight is 294 g/mol. The maximum atomic E-state index is 13.5. The van der Waals surface area contributed by atoms with Crippen LogP contribution in [0.5, 0.6) is 5.75 Å². The van der Waals surface area contributed by atoms with E-state index in [1.54, 1.807) is 24.3 Å². The maximum Gasteiger partial charge on any atom is 0.255 e. The van der Waals surface area contributed by atoms with E-state index in [4.69, 9.17) is 16.7 Å². The Hall–Kier alpha value is -2.07. The molecular formula is C15H13ClFNO2. The number of phenols is 1. The lowest BCUT2D eigenvalue weighted by Crippen LogP contribution is -2.26. The lowest BCUT2D eigenvalue weighted by molar-refractivity contribution is 0.0950. The van der Waals surface area contributed by atoms with E-state index in [1.165, 1.54) is 18.2 Å². The van der Waals surface area contributed by atoms with Crippen LogP contribution in [0.4, 0.5) is 4.39 Å². The van der Waals surface area contributed by atoms with Gasteiger partial charge in [-0.3, -0.25) is 4.79 Å². The van der Waals surface area contributed by atoms with Crippen LogP contribution in [0.15, 0.2) is 42.5 Å². The summed E-state index contributed by atoms with van der Waals surface area (Å²) in [5.74, 6) is -0.984. The molecule has 0 unspecified atom stereocenters. The molecule has 1 amide bonds. The lowest BCUT2D eigenvalue weighted by atomic mass is 10.1. The number of amides is 1. The molecule has 2 aromatic carbocycles. The van der Waals surface area contributed by atoms with Gasteiger partial charge in [-0.05, 0) is 36.2 Å². The first-order valence-electron chi connectivity index (χ1n) is 6.08. The number of benzene rings is 2. The molecule has 0 heterocycles. The third-order valence-electron chi connectivity index (χ3n) is 2.83. The Morgan fingerprint density at radius 2 is 1.90 bits per heavy atom. The number of halogens is 2. The van der Waals surface area contributed by atoms with Gasteiger partial charge >= 0.3 is 0 Å². The molecule has 3 nitrogen and oxygen atoms in total. The van der Waals surface area contributed by atoms with Gasteiger partial charge in [0.15, 0.2) is 0 Å². The summed E-state index contributed by atoms with van der Waals surface area (Å²) in [4.78, 5) is 11.9. The number of phenolic OH excluding ortho intramolecular Hbond substituents is 1. The summed E-state index contributed by atoms with van der Waals surface area (Å²) in [6.45, 7) is 0.355. The van der Waals surface area contributed by atoms with Crippen molar-refractivity contribution in [3.05, 3.63) is 64.4 Å². The number of aromatic hydroxyl groups is 1. The van der Waals surface area contributed by atoms with Gasteiger partial charge in [-0.2, -0.15) is 0 Å². The topological polar surface area (TPSA) is 49.3 Å². The third kappa shape index (κ3) is 3.48. The molecule has 20 heavy (non-hydrogen) atoms. The second-order valence-corrected chi connectivity index (χ2v) is 4.68. The van der Waals surface area contributed by atoms with E-state index in [-0.39, 0.29) is 16.3 Å². The van der Waals surface area contributed by atoms with Gasteiger partial charge in [-0.25, -0.2) is 4.39 Å². The molecule has 2 rings (SSSR count). The number of carbonyl (C=O) groups excluding carboxylic acids is 1. The zero-order valence-corrected chi connectivity index (χ0v) is 11.3. The summed E-state index contributed by atoms with van der Waals surface area (Å²) in [5, 5.41) is 11.9. The largest absolute Gasteiger partial charge is 0.508 e. The van der Waals surface area contributed by atoms with Gasteiger partial charge in [0.25, 0.3) is 5.91 Å². The first kappa shape index (κ1) is 14.3. The number of nitrogens with one attached hydrogen (secondary N) is 1. The monoisotopic (exact) mass is 293 g/mol. The number of hydrogen-bond acceptors (Lipinski definition) is 2. The molecule has 0 aromatic heterocycles. The molecule has 0 aliphatic heterocycles. The van der Waals surface area contributed by atoms with Gasteiger partial charge in [0.05, 0.1) is 10.6 Å². The molecule has 5 heteroatoms. The van der Waals surface area contributed by atoms with Crippen molar-refractivity contribution < 1.29 is 14.3 Å². The Labute approximate surface area is 121 Å². The van der Waals surface area contributed by atoms with E-state index in [1.807, 2.05) is 0 Å². The summed E-state index contributed by atoms with van der Waals surface area (Å²) in [6.07, 6.45) is 0.581. The molecular weight excluding hydrogens is 281 g/mol. The minimum Gasteiger partial charge on any atom is -0.508 e. The highest BCUT2D eigenvalue weighted by Gasteiger charge is 2.14. The molecule has 0 aliphatic rings. The molecule has 2 N–H and O–H groups in total. The van der Waals surface area contributed by atoms with Crippen LogP contribution in [-0.2, 0) is 6.42 Å². The Bertz CT molecular complexity index is 594. The minimum atomic E-state index is -0.639. The van der Waals surface area contributed by atoms with Crippen molar-refractivity contribution in [2.75, 3.05) is 6.54 Å². The third-order valence-corrected chi connectivity index (χ3v) is 3.14. The first-order chi connectivity index (χ1) is 9.58. The van der Waals surface area contributed by atoms with Crippen LogP contribution in [0, 0.1) is 5.82 Å². The second-order valence-electron chi connectivity index (χ2n) is 4.27. The highest BCUT2D eigenvalue weighted by Crippen LogP contribution is 2.18. The highest BCUT2D eigenvalue weighted by atomic mass is 35.5. The summed E-state index contributed by atoms with van der Waals surface area (Å²) in [6, 6.07) is 10.8. The average Bonchev–Trinajstić information content (AvgIpc) is 2.41. The standard InChI is InChI=1S/C15H13ClFNO2/c16-12-2-1-3-13(17)14(12)15(20)18-9-8-10-4-6-11(19)7-5-10/h1-7,19H,8-9H2,(H,18,20). The van der Waals surface area contributed by atoms with Gasteiger partial charge in [0.2, 0.25) is 0 Å². The maximum absolute atomic E-state index is 13.5. The van der Waals surface area contributed by atoms with Gasteiger partial charge in [-0.1, -0.05) is 29.8 Å². The van der Waals surface area contributed by atoms with Crippen LogP contribution >= 0.6 is 11.6 Å². The highest BCUT2D eigenvalue weighted by molar-refractivity contribution is 6.33. The molecule has 0 saturated carbocycles. The van der Waals surface area contributed by atoms with Crippen molar-refractivity contribution in [2.24, 2.45) is 0 Å².